The van der Waals surface area contributed by atoms with Gasteiger partial charge in [0.2, 0.25) is 0 Å². The fourth-order valence-corrected chi connectivity index (χ4v) is 3.97. The average molecular weight is 431 g/mol. The Morgan fingerprint density at radius 1 is 1.13 bits per heavy atom. The monoisotopic (exact) mass is 430 g/mol. The Bertz CT molecular complexity index is 824. The second-order valence-electron chi connectivity index (χ2n) is 7.13. The summed E-state index contributed by atoms with van der Waals surface area (Å²) in [6, 6.07) is 16.3. The van der Waals surface area contributed by atoms with Crippen molar-refractivity contribution in [3.63, 3.8) is 0 Å². The van der Waals surface area contributed by atoms with Crippen LogP contribution in [0.1, 0.15) is 17.2 Å². The number of halogens is 1. The van der Waals surface area contributed by atoms with Crippen molar-refractivity contribution in [1.29, 1.82) is 0 Å². The lowest BCUT2D eigenvalue weighted by Crippen LogP contribution is -2.46. The van der Waals surface area contributed by atoms with E-state index in [1.54, 1.807) is 14.2 Å². The third-order valence-electron chi connectivity index (χ3n) is 5.32. The molecule has 0 radical (unpaired) electrons. The van der Waals surface area contributed by atoms with Crippen LogP contribution >= 0.6 is 11.6 Å². The lowest BCUT2D eigenvalue weighted by molar-refractivity contribution is 0.0170. The number of hydrogen-bond acceptors (Lipinski definition) is 4. The van der Waals surface area contributed by atoms with Gasteiger partial charge in [0.15, 0.2) is 5.96 Å². The van der Waals surface area contributed by atoms with Gasteiger partial charge in [0, 0.05) is 38.2 Å². The first-order valence-electron chi connectivity index (χ1n) is 10.4. The number of para-hydroxylation sites is 1. The Kier molecular flexibility index (Phi) is 8.81. The first-order valence-corrected chi connectivity index (χ1v) is 10.7. The predicted octanol–water partition coefficient (Wildman–Crippen LogP) is 3.13. The van der Waals surface area contributed by atoms with Gasteiger partial charge in [-0.3, -0.25) is 9.89 Å². The van der Waals surface area contributed by atoms with Crippen LogP contribution in [0.15, 0.2) is 53.5 Å². The molecule has 2 aromatic rings. The number of guanidine groups is 1. The molecular formula is C23H31ClN4O2. The van der Waals surface area contributed by atoms with E-state index in [-0.39, 0.29) is 6.04 Å². The Balaban J connectivity index is 1.59. The van der Waals surface area contributed by atoms with E-state index in [4.69, 9.17) is 21.1 Å². The molecule has 30 heavy (non-hydrogen) atoms. The SMILES string of the molecule is CN=C(NCCc1ccccc1OC)NCC(c1ccccc1Cl)N1CCOCC1. The summed E-state index contributed by atoms with van der Waals surface area (Å²) in [5, 5.41) is 7.66. The van der Waals surface area contributed by atoms with Crippen LogP contribution in [0.3, 0.4) is 0 Å². The minimum atomic E-state index is 0.148. The Labute approximate surface area is 184 Å². The summed E-state index contributed by atoms with van der Waals surface area (Å²) in [4.78, 5) is 6.80. The van der Waals surface area contributed by atoms with Gasteiger partial charge in [-0.05, 0) is 29.7 Å². The molecule has 1 unspecified atom stereocenters. The molecule has 0 saturated carbocycles. The third kappa shape index (κ3) is 6.11. The number of nitrogens with zero attached hydrogens (tertiary/aromatic N) is 2. The largest absolute Gasteiger partial charge is 0.496 e. The molecule has 1 saturated heterocycles. The molecule has 0 bridgehead atoms. The number of aliphatic imine (C=N–C) groups is 1. The molecule has 0 spiro atoms. The molecule has 1 aliphatic heterocycles. The smallest absolute Gasteiger partial charge is 0.191 e. The molecule has 1 heterocycles. The molecule has 1 aliphatic rings. The summed E-state index contributed by atoms with van der Waals surface area (Å²) < 4.78 is 11.0. The van der Waals surface area contributed by atoms with E-state index in [9.17, 15) is 0 Å². The maximum absolute atomic E-state index is 6.52. The zero-order chi connectivity index (χ0) is 21.2. The molecule has 1 atom stereocenters. The van der Waals surface area contributed by atoms with E-state index < -0.39 is 0 Å². The molecule has 7 heteroatoms. The standard InChI is InChI=1S/C23H31ClN4O2/c1-25-23(26-12-11-18-7-3-6-10-22(18)29-2)27-17-21(28-13-15-30-16-14-28)19-8-4-5-9-20(19)24/h3-10,21H,11-17H2,1-2H3,(H2,25,26,27). The number of ether oxygens (including phenoxy) is 2. The van der Waals surface area contributed by atoms with E-state index in [0.717, 1.165) is 61.6 Å². The molecule has 0 aromatic heterocycles. The van der Waals surface area contributed by atoms with Crippen molar-refractivity contribution in [1.82, 2.24) is 15.5 Å². The second-order valence-corrected chi connectivity index (χ2v) is 7.53. The Morgan fingerprint density at radius 2 is 1.87 bits per heavy atom. The third-order valence-corrected chi connectivity index (χ3v) is 5.66. The van der Waals surface area contributed by atoms with Crippen molar-refractivity contribution >= 4 is 17.6 Å². The molecule has 0 aliphatic carbocycles. The fraction of sp³-hybridized carbons (Fsp3) is 0.435. The van der Waals surface area contributed by atoms with Crippen LogP contribution in [0.4, 0.5) is 0 Å². The lowest BCUT2D eigenvalue weighted by Gasteiger charge is -2.35. The van der Waals surface area contributed by atoms with Gasteiger partial charge in [-0.1, -0.05) is 48.0 Å². The first-order chi connectivity index (χ1) is 14.7. The summed E-state index contributed by atoms with van der Waals surface area (Å²) >= 11 is 6.52. The van der Waals surface area contributed by atoms with E-state index >= 15 is 0 Å². The molecule has 6 nitrogen and oxygen atoms in total. The molecule has 2 aromatic carbocycles. The number of morpholine rings is 1. The highest BCUT2D eigenvalue weighted by molar-refractivity contribution is 6.31. The van der Waals surface area contributed by atoms with Crippen molar-refractivity contribution < 1.29 is 9.47 Å². The van der Waals surface area contributed by atoms with Crippen molar-refractivity contribution in [3.8, 4) is 5.75 Å². The molecule has 0 amide bonds. The van der Waals surface area contributed by atoms with Crippen LogP contribution in [0, 0.1) is 0 Å². The summed E-state index contributed by atoms with van der Waals surface area (Å²) in [6.45, 7) is 4.72. The lowest BCUT2D eigenvalue weighted by atomic mass is 10.0. The van der Waals surface area contributed by atoms with Gasteiger partial charge in [0.05, 0.1) is 26.4 Å². The number of methoxy groups -OCH3 is 1. The van der Waals surface area contributed by atoms with Gasteiger partial charge < -0.3 is 20.1 Å². The molecular weight excluding hydrogens is 400 g/mol. The molecule has 3 rings (SSSR count). The van der Waals surface area contributed by atoms with Crippen molar-refractivity contribution in [2.45, 2.75) is 12.5 Å². The minimum absolute atomic E-state index is 0.148. The summed E-state index contributed by atoms with van der Waals surface area (Å²) in [6.07, 6.45) is 0.849. The van der Waals surface area contributed by atoms with Crippen molar-refractivity contribution in [3.05, 3.63) is 64.7 Å². The van der Waals surface area contributed by atoms with Crippen LogP contribution in [0.2, 0.25) is 5.02 Å². The van der Waals surface area contributed by atoms with Crippen LogP contribution < -0.4 is 15.4 Å². The van der Waals surface area contributed by atoms with Gasteiger partial charge in [-0.15, -0.1) is 0 Å². The summed E-state index contributed by atoms with van der Waals surface area (Å²) in [7, 11) is 3.49. The number of nitrogens with one attached hydrogen (secondary N) is 2. The zero-order valence-corrected chi connectivity index (χ0v) is 18.5. The van der Waals surface area contributed by atoms with Gasteiger partial charge >= 0.3 is 0 Å². The quantitative estimate of drug-likeness (QED) is 0.497. The van der Waals surface area contributed by atoms with E-state index in [1.165, 1.54) is 5.56 Å². The highest BCUT2D eigenvalue weighted by Gasteiger charge is 2.24. The Hall–Kier alpha value is -2.28. The predicted molar refractivity (Wildman–Crippen MR) is 123 cm³/mol. The molecule has 162 valence electrons. The van der Waals surface area contributed by atoms with Gasteiger partial charge in [0.25, 0.3) is 0 Å². The fourth-order valence-electron chi connectivity index (χ4n) is 3.71. The van der Waals surface area contributed by atoms with Gasteiger partial charge in [0.1, 0.15) is 5.75 Å². The van der Waals surface area contributed by atoms with E-state index in [1.807, 2.05) is 36.4 Å². The maximum Gasteiger partial charge on any atom is 0.191 e. The highest BCUT2D eigenvalue weighted by Crippen LogP contribution is 2.27. The normalized spacial score (nSPS) is 16.2. The Morgan fingerprint density at radius 3 is 2.60 bits per heavy atom. The summed E-state index contributed by atoms with van der Waals surface area (Å²) in [5.41, 5.74) is 2.29. The number of rotatable bonds is 8. The average Bonchev–Trinajstić information content (AvgIpc) is 2.80. The van der Waals surface area contributed by atoms with Crippen LogP contribution in [-0.4, -0.2) is 64.4 Å². The molecule has 2 N–H and O–H groups in total. The van der Waals surface area contributed by atoms with Crippen molar-refractivity contribution in [2.24, 2.45) is 4.99 Å². The second kappa shape index (κ2) is 11.8. The number of hydrogen-bond donors (Lipinski definition) is 2. The van der Waals surface area contributed by atoms with Crippen LogP contribution in [-0.2, 0) is 11.2 Å². The minimum Gasteiger partial charge on any atom is -0.496 e. The van der Waals surface area contributed by atoms with Crippen LogP contribution in [0.25, 0.3) is 0 Å². The summed E-state index contributed by atoms with van der Waals surface area (Å²) in [5.74, 6) is 1.68. The van der Waals surface area contributed by atoms with Crippen LogP contribution in [0.5, 0.6) is 5.75 Å². The van der Waals surface area contributed by atoms with Gasteiger partial charge in [-0.25, -0.2) is 0 Å². The number of benzene rings is 2. The molecule has 1 fully saturated rings. The van der Waals surface area contributed by atoms with E-state index in [0.29, 0.717) is 6.54 Å². The highest BCUT2D eigenvalue weighted by atomic mass is 35.5. The van der Waals surface area contributed by atoms with Crippen molar-refractivity contribution in [2.75, 3.05) is 53.6 Å². The van der Waals surface area contributed by atoms with Gasteiger partial charge in [-0.2, -0.15) is 0 Å². The first kappa shape index (κ1) is 22.4. The zero-order valence-electron chi connectivity index (χ0n) is 17.7. The topological polar surface area (TPSA) is 58.1 Å². The van der Waals surface area contributed by atoms with E-state index in [2.05, 4.69) is 32.7 Å². The maximum atomic E-state index is 6.52.